The van der Waals surface area contributed by atoms with Gasteiger partial charge in [0, 0.05) is 24.7 Å². The van der Waals surface area contributed by atoms with Gasteiger partial charge in [-0.1, -0.05) is 48.5 Å². The SMILES string of the molecule is CC(=O)OC[C@]12CC[C@]3(C(C)C)O[C@]13[C@H]1CC[C@@H]3[C@@]4(C)CC[C@H](OC(C)=O)C(C)(C)[C@@H]4CC[C@@]3(C)[C@]1(C)CC2. The summed E-state index contributed by atoms with van der Waals surface area (Å²) in [5, 5.41) is 0. The first-order valence-electron chi connectivity index (χ1n) is 16.1. The van der Waals surface area contributed by atoms with Crippen molar-refractivity contribution in [3.05, 3.63) is 0 Å². The highest BCUT2D eigenvalue weighted by molar-refractivity contribution is 5.66. The molecule has 5 nitrogen and oxygen atoms in total. The van der Waals surface area contributed by atoms with Crippen LogP contribution in [-0.2, 0) is 23.8 Å². The van der Waals surface area contributed by atoms with Crippen LogP contribution in [0.3, 0.4) is 0 Å². The van der Waals surface area contributed by atoms with Crippen LogP contribution in [0, 0.1) is 50.7 Å². The first-order valence-corrected chi connectivity index (χ1v) is 16.1. The molecule has 1 aliphatic heterocycles. The molecule has 0 radical (unpaired) electrons. The summed E-state index contributed by atoms with van der Waals surface area (Å²) in [6.45, 7) is 21.0. The Morgan fingerprint density at radius 2 is 1.41 bits per heavy atom. The lowest BCUT2D eigenvalue weighted by atomic mass is 9.32. The topological polar surface area (TPSA) is 65.1 Å². The maximum atomic E-state index is 12.0. The van der Waals surface area contributed by atoms with Crippen LogP contribution in [0.5, 0.6) is 0 Å². The molecule has 0 bridgehead atoms. The number of rotatable bonds is 4. The molecule has 0 aromatic rings. The van der Waals surface area contributed by atoms with Gasteiger partial charge in [0.15, 0.2) is 0 Å². The van der Waals surface area contributed by atoms with Crippen molar-refractivity contribution in [1.82, 2.24) is 0 Å². The third kappa shape index (κ3) is 3.18. The Bertz CT molecular complexity index is 1070. The zero-order valence-corrected chi connectivity index (χ0v) is 26.2. The molecule has 1 heterocycles. The van der Waals surface area contributed by atoms with Crippen molar-refractivity contribution < 1.29 is 23.8 Å². The van der Waals surface area contributed by atoms with Crippen LogP contribution in [0.4, 0.5) is 0 Å². The molecule has 1 spiro atoms. The van der Waals surface area contributed by atoms with Crippen LogP contribution < -0.4 is 0 Å². The number of fused-ring (bicyclic) bond motifs is 5. The van der Waals surface area contributed by atoms with Crippen molar-refractivity contribution >= 4 is 11.9 Å². The zero-order valence-electron chi connectivity index (χ0n) is 26.2. The standard InChI is InChI=1S/C34H54O5/c1-21(2)33-19-18-32(20-37-22(3)35)17-16-31(9)26(34(32,33)39-33)11-10-25-29(7)14-13-27(38-23(4)36)28(5,6)24(29)12-15-30(25,31)8/h21,24-27H,10-20H2,1-9H3/t24-,25+,26-,27-,29-,30+,31+,32-,33+,34+/m0/s1. The normalized spacial score (nSPS) is 53.0. The van der Waals surface area contributed by atoms with Gasteiger partial charge in [-0.2, -0.15) is 0 Å². The molecule has 0 aromatic carbocycles. The lowest BCUT2D eigenvalue weighted by molar-refractivity contribution is -0.254. The van der Waals surface area contributed by atoms with Gasteiger partial charge < -0.3 is 14.2 Å². The van der Waals surface area contributed by atoms with E-state index < -0.39 is 0 Å². The van der Waals surface area contributed by atoms with Gasteiger partial charge in [0.25, 0.3) is 0 Å². The Balaban J connectivity index is 1.37. The van der Waals surface area contributed by atoms with E-state index in [1.165, 1.54) is 32.1 Å². The van der Waals surface area contributed by atoms with Gasteiger partial charge in [-0.15, -0.1) is 0 Å². The van der Waals surface area contributed by atoms with Crippen molar-refractivity contribution in [2.45, 2.75) is 144 Å². The summed E-state index contributed by atoms with van der Waals surface area (Å²) in [7, 11) is 0. The van der Waals surface area contributed by atoms with Crippen LogP contribution in [0.15, 0.2) is 0 Å². The molecule has 0 unspecified atom stereocenters. The van der Waals surface area contributed by atoms with Gasteiger partial charge in [-0.3, -0.25) is 9.59 Å². The second kappa shape index (κ2) is 8.26. The Kier molecular flexibility index (Phi) is 5.94. The minimum absolute atomic E-state index is 0.0138. The third-order valence-electron chi connectivity index (χ3n) is 14.9. The van der Waals surface area contributed by atoms with E-state index in [1.54, 1.807) is 13.8 Å². The summed E-state index contributed by atoms with van der Waals surface area (Å²) in [4.78, 5) is 24.0. The molecule has 5 saturated carbocycles. The number of hydrogen-bond acceptors (Lipinski definition) is 5. The maximum Gasteiger partial charge on any atom is 0.302 e. The van der Waals surface area contributed by atoms with Crippen molar-refractivity contribution in [3.8, 4) is 0 Å². The fourth-order valence-corrected chi connectivity index (χ4v) is 13.0. The second-order valence-corrected chi connectivity index (χ2v) is 16.5. The summed E-state index contributed by atoms with van der Waals surface area (Å²) in [5.74, 6) is 1.89. The van der Waals surface area contributed by atoms with Crippen molar-refractivity contribution in [1.29, 1.82) is 0 Å². The number of ether oxygens (including phenoxy) is 3. The summed E-state index contributed by atoms with van der Waals surface area (Å²) < 4.78 is 18.9. The van der Waals surface area contributed by atoms with E-state index in [0.29, 0.717) is 30.3 Å². The van der Waals surface area contributed by atoms with Gasteiger partial charge in [0.2, 0.25) is 0 Å². The second-order valence-electron chi connectivity index (χ2n) is 16.5. The number of carbonyl (C=O) groups is 2. The van der Waals surface area contributed by atoms with Gasteiger partial charge in [-0.05, 0) is 104 Å². The molecule has 220 valence electrons. The molecule has 6 rings (SSSR count). The summed E-state index contributed by atoms with van der Waals surface area (Å²) >= 11 is 0. The highest BCUT2D eigenvalue weighted by atomic mass is 16.6. The van der Waals surface area contributed by atoms with Crippen LogP contribution in [0.1, 0.15) is 127 Å². The number of hydrogen-bond donors (Lipinski definition) is 0. The van der Waals surface area contributed by atoms with Crippen LogP contribution >= 0.6 is 0 Å². The molecule has 6 fully saturated rings. The summed E-state index contributed by atoms with van der Waals surface area (Å²) in [6.07, 6.45) is 11.6. The largest absolute Gasteiger partial charge is 0.465 e. The highest BCUT2D eigenvalue weighted by Gasteiger charge is 2.89. The molecule has 5 heteroatoms. The molecule has 6 aliphatic rings. The van der Waals surface area contributed by atoms with E-state index in [4.69, 9.17) is 14.2 Å². The van der Waals surface area contributed by atoms with E-state index in [1.807, 2.05) is 0 Å². The molecule has 39 heavy (non-hydrogen) atoms. The maximum absolute atomic E-state index is 12.0. The van der Waals surface area contributed by atoms with E-state index >= 15 is 0 Å². The van der Waals surface area contributed by atoms with Gasteiger partial charge >= 0.3 is 11.9 Å². The molecular formula is C34H54O5. The minimum Gasteiger partial charge on any atom is -0.465 e. The minimum atomic E-state index is -0.163. The predicted octanol–water partition coefficient (Wildman–Crippen LogP) is 7.49. The van der Waals surface area contributed by atoms with E-state index in [9.17, 15) is 9.59 Å². The molecule has 0 N–H and O–H groups in total. The molecule has 10 atom stereocenters. The quantitative estimate of drug-likeness (QED) is 0.272. The fourth-order valence-electron chi connectivity index (χ4n) is 13.0. The Morgan fingerprint density at radius 1 is 0.769 bits per heavy atom. The average Bonchev–Trinajstić information content (AvgIpc) is 3.44. The molecule has 0 amide bonds. The van der Waals surface area contributed by atoms with Crippen LogP contribution in [0.2, 0.25) is 0 Å². The molecule has 5 aliphatic carbocycles. The number of epoxide rings is 1. The fraction of sp³-hybridized carbons (Fsp3) is 0.941. The van der Waals surface area contributed by atoms with Crippen molar-refractivity contribution in [3.63, 3.8) is 0 Å². The highest BCUT2D eigenvalue weighted by Crippen LogP contribution is 2.85. The molecule has 0 aromatic heterocycles. The Labute approximate surface area is 236 Å². The smallest absolute Gasteiger partial charge is 0.302 e. The van der Waals surface area contributed by atoms with Crippen molar-refractivity contribution in [2.75, 3.05) is 6.61 Å². The van der Waals surface area contributed by atoms with Crippen LogP contribution in [0.25, 0.3) is 0 Å². The average molecular weight is 543 g/mol. The molecular weight excluding hydrogens is 488 g/mol. The van der Waals surface area contributed by atoms with Gasteiger partial charge in [0.05, 0.1) is 6.61 Å². The molecule has 1 saturated heterocycles. The Hall–Kier alpha value is -1.10. The lowest BCUT2D eigenvalue weighted by Gasteiger charge is -2.72. The Morgan fingerprint density at radius 3 is 2.03 bits per heavy atom. The first-order chi connectivity index (χ1) is 18.1. The monoisotopic (exact) mass is 542 g/mol. The third-order valence-corrected chi connectivity index (χ3v) is 14.9. The van der Waals surface area contributed by atoms with Gasteiger partial charge in [0.1, 0.15) is 17.3 Å². The number of carbonyl (C=O) groups excluding carboxylic acids is 2. The summed E-state index contributed by atoms with van der Waals surface area (Å²) in [6, 6.07) is 0. The van der Waals surface area contributed by atoms with Crippen molar-refractivity contribution in [2.24, 2.45) is 50.7 Å². The predicted molar refractivity (Wildman–Crippen MR) is 151 cm³/mol. The first kappa shape index (κ1) is 28.0. The van der Waals surface area contributed by atoms with E-state index in [-0.39, 0.29) is 56.3 Å². The summed E-state index contributed by atoms with van der Waals surface area (Å²) in [5.41, 5.74) is 0.414. The van der Waals surface area contributed by atoms with E-state index in [0.717, 1.165) is 32.1 Å². The van der Waals surface area contributed by atoms with E-state index in [2.05, 4.69) is 48.5 Å². The van der Waals surface area contributed by atoms with Gasteiger partial charge in [-0.25, -0.2) is 0 Å². The van der Waals surface area contributed by atoms with Crippen LogP contribution in [-0.4, -0.2) is 35.9 Å². The number of esters is 2. The lowest BCUT2D eigenvalue weighted by Crippen LogP contribution is -2.69. The zero-order chi connectivity index (χ0) is 28.4.